The van der Waals surface area contributed by atoms with Gasteiger partial charge in [0.05, 0.1) is 20.8 Å². The molecular formula is C20H22N2O4. The summed E-state index contributed by atoms with van der Waals surface area (Å²) in [6.07, 6.45) is 0.456. The molecule has 3 rings (SSSR count). The number of benzene rings is 2. The van der Waals surface area contributed by atoms with Crippen molar-refractivity contribution < 1.29 is 19.1 Å². The van der Waals surface area contributed by atoms with Crippen molar-refractivity contribution in [2.75, 3.05) is 20.8 Å². The minimum absolute atomic E-state index is 0.0358. The lowest BCUT2D eigenvalue weighted by Crippen LogP contribution is -2.58. The zero-order chi connectivity index (χ0) is 18.5. The van der Waals surface area contributed by atoms with Gasteiger partial charge in [-0.25, -0.2) is 0 Å². The van der Waals surface area contributed by atoms with Crippen molar-refractivity contribution in [1.29, 1.82) is 0 Å². The van der Waals surface area contributed by atoms with E-state index in [0.29, 0.717) is 13.0 Å². The van der Waals surface area contributed by atoms with Crippen LogP contribution in [0.2, 0.25) is 0 Å². The molecule has 1 aliphatic heterocycles. The second kappa shape index (κ2) is 7.91. The molecule has 0 aliphatic carbocycles. The number of amides is 2. The summed E-state index contributed by atoms with van der Waals surface area (Å²) in [7, 11) is 3.22. The fourth-order valence-corrected chi connectivity index (χ4v) is 3.01. The van der Waals surface area contributed by atoms with Gasteiger partial charge in [-0.3, -0.25) is 9.59 Å². The van der Waals surface area contributed by atoms with Crippen LogP contribution in [0.5, 0.6) is 11.5 Å². The van der Waals surface area contributed by atoms with E-state index in [-0.39, 0.29) is 18.4 Å². The van der Waals surface area contributed by atoms with E-state index in [1.54, 1.807) is 19.1 Å². The molecule has 1 saturated heterocycles. The third-order valence-corrected chi connectivity index (χ3v) is 4.51. The van der Waals surface area contributed by atoms with Crippen LogP contribution in [0.3, 0.4) is 0 Å². The molecule has 2 aromatic carbocycles. The Balaban J connectivity index is 1.78. The highest BCUT2D eigenvalue weighted by Crippen LogP contribution is 2.20. The summed E-state index contributed by atoms with van der Waals surface area (Å²) in [6.45, 7) is 0.422. The Bertz CT molecular complexity index is 704. The second-order valence-corrected chi connectivity index (χ2v) is 6.16. The monoisotopic (exact) mass is 354 g/mol. The van der Waals surface area contributed by atoms with Gasteiger partial charge in [-0.2, -0.15) is 0 Å². The van der Waals surface area contributed by atoms with Gasteiger partial charge in [-0.1, -0.05) is 24.3 Å². The van der Waals surface area contributed by atoms with E-state index < -0.39 is 6.04 Å². The van der Waals surface area contributed by atoms with E-state index in [2.05, 4.69) is 5.32 Å². The quantitative estimate of drug-likeness (QED) is 0.859. The Morgan fingerprint density at radius 2 is 1.46 bits per heavy atom. The molecule has 0 spiro atoms. The lowest BCUT2D eigenvalue weighted by Gasteiger charge is -2.35. The largest absolute Gasteiger partial charge is 0.497 e. The van der Waals surface area contributed by atoms with Gasteiger partial charge in [0.15, 0.2) is 0 Å². The number of nitrogens with one attached hydrogen (secondary N) is 1. The number of methoxy groups -OCH3 is 2. The zero-order valence-electron chi connectivity index (χ0n) is 14.9. The first-order valence-corrected chi connectivity index (χ1v) is 8.43. The van der Waals surface area contributed by atoms with E-state index in [0.717, 1.165) is 22.6 Å². The van der Waals surface area contributed by atoms with Crippen molar-refractivity contribution in [1.82, 2.24) is 10.2 Å². The first kappa shape index (κ1) is 17.8. The second-order valence-electron chi connectivity index (χ2n) is 6.16. The van der Waals surface area contributed by atoms with Crippen LogP contribution in [0.15, 0.2) is 48.5 Å². The van der Waals surface area contributed by atoms with Gasteiger partial charge in [-0.05, 0) is 35.4 Å². The summed E-state index contributed by atoms with van der Waals surface area (Å²) < 4.78 is 10.3. The van der Waals surface area contributed by atoms with Crippen LogP contribution in [-0.2, 0) is 22.6 Å². The van der Waals surface area contributed by atoms with Crippen LogP contribution in [0, 0.1) is 0 Å². The van der Waals surface area contributed by atoms with Gasteiger partial charge >= 0.3 is 0 Å². The van der Waals surface area contributed by atoms with Gasteiger partial charge in [0.25, 0.3) is 0 Å². The number of carbonyl (C=O) groups is 2. The summed E-state index contributed by atoms with van der Waals surface area (Å²) in [4.78, 5) is 26.5. The molecule has 0 unspecified atom stereocenters. The molecule has 1 N–H and O–H groups in total. The summed E-state index contributed by atoms with van der Waals surface area (Å²) in [6, 6.07) is 14.5. The summed E-state index contributed by atoms with van der Waals surface area (Å²) in [5.41, 5.74) is 1.92. The Morgan fingerprint density at radius 3 is 2.00 bits per heavy atom. The smallest absolute Gasteiger partial charge is 0.243 e. The molecule has 1 heterocycles. The lowest BCUT2D eigenvalue weighted by atomic mass is 10.0. The number of rotatable bonds is 6. The minimum atomic E-state index is -0.535. The van der Waals surface area contributed by atoms with E-state index in [9.17, 15) is 9.59 Å². The van der Waals surface area contributed by atoms with Crippen LogP contribution in [0.4, 0.5) is 0 Å². The van der Waals surface area contributed by atoms with Crippen LogP contribution in [-0.4, -0.2) is 43.5 Å². The van der Waals surface area contributed by atoms with E-state index in [1.807, 2.05) is 48.5 Å². The highest BCUT2D eigenvalue weighted by molar-refractivity contribution is 5.95. The van der Waals surface area contributed by atoms with Crippen molar-refractivity contribution in [3.8, 4) is 11.5 Å². The molecule has 0 saturated carbocycles. The van der Waals surface area contributed by atoms with Crippen LogP contribution in [0.25, 0.3) is 0 Å². The fourth-order valence-electron chi connectivity index (χ4n) is 3.01. The van der Waals surface area contributed by atoms with Crippen molar-refractivity contribution in [2.24, 2.45) is 0 Å². The highest BCUT2D eigenvalue weighted by Gasteiger charge is 2.34. The molecular weight excluding hydrogens is 332 g/mol. The summed E-state index contributed by atoms with van der Waals surface area (Å²) >= 11 is 0. The van der Waals surface area contributed by atoms with Crippen molar-refractivity contribution in [2.45, 2.75) is 19.0 Å². The Hall–Kier alpha value is -3.02. The van der Waals surface area contributed by atoms with Crippen LogP contribution in [0.1, 0.15) is 11.1 Å². The predicted molar refractivity (Wildman–Crippen MR) is 97.0 cm³/mol. The minimum Gasteiger partial charge on any atom is -0.497 e. The molecule has 26 heavy (non-hydrogen) atoms. The van der Waals surface area contributed by atoms with E-state index in [1.165, 1.54) is 0 Å². The van der Waals surface area contributed by atoms with Gasteiger partial charge in [0.2, 0.25) is 11.8 Å². The number of ether oxygens (including phenoxy) is 2. The van der Waals surface area contributed by atoms with Gasteiger partial charge < -0.3 is 19.7 Å². The van der Waals surface area contributed by atoms with E-state index in [4.69, 9.17) is 9.47 Å². The average Bonchev–Trinajstić information content (AvgIpc) is 2.68. The van der Waals surface area contributed by atoms with Gasteiger partial charge in [-0.15, -0.1) is 0 Å². The van der Waals surface area contributed by atoms with Crippen LogP contribution < -0.4 is 14.8 Å². The van der Waals surface area contributed by atoms with Crippen molar-refractivity contribution in [3.05, 3.63) is 59.7 Å². The molecule has 6 nitrogen and oxygen atoms in total. The molecule has 2 amide bonds. The zero-order valence-corrected chi connectivity index (χ0v) is 14.9. The first-order chi connectivity index (χ1) is 12.6. The predicted octanol–water partition coefficient (Wildman–Crippen LogP) is 1.77. The maximum absolute atomic E-state index is 12.4. The molecule has 0 radical (unpaired) electrons. The summed E-state index contributed by atoms with van der Waals surface area (Å²) in [5.74, 6) is 1.30. The molecule has 1 aliphatic rings. The molecule has 2 aromatic rings. The van der Waals surface area contributed by atoms with E-state index >= 15 is 0 Å². The maximum atomic E-state index is 12.4. The molecule has 1 atom stereocenters. The highest BCUT2D eigenvalue weighted by atomic mass is 16.5. The molecule has 136 valence electrons. The maximum Gasteiger partial charge on any atom is 0.243 e. The normalized spacial score (nSPS) is 17.0. The third-order valence-electron chi connectivity index (χ3n) is 4.51. The first-order valence-electron chi connectivity index (χ1n) is 8.43. The van der Waals surface area contributed by atoms with Gasteiger partial charge in [0, 0.05) is 13.0 Å². The number of hydrogen-bond donors (Lipinski definition) is 1. The van der Waals surface area contributed by atoms with Crippen molar-refractivity contribution in [3.63, 3.8) is 0 Å². The SMILES string of the molecule is COc1ccc(C[C@H]2C(=O)NCC(=O)N2Cc2ccc(OC)cc2)cc1. The number of hydrogen-bond acceptors (Lipinski definition) is 4. The lowest BCUT2D eigenvalue weighted by molar-refractivity contribution is -0.146. The molecule has 1 fully saturated rings. The van der Waals surface area contributed by atoms with Crippen molar-refractivity contribution >= 4 is 11.8 Å². The third kappa shape index (κ3) is 3.96. The standard InChI is InChI=1S/C20H22N2O4/c1-25-16-7-3-14(4-8-16)11-18-20(24)21-12-19(23)22(18)13-15-5-9-17(26-2)10-6-15/h3-10,18H,11-13H2,1-2H3,(H,21,24)/t18-/m0/s1. The molecule has 6 heteroatoms. The van der Waals surface area contributed by atoms with Crippen LogP contribution >= 0.6 is 0 Å². The molecule has 0 bridgehead atoms. The number of piperazine rings is 1. The topological polar surface area (TPSA) is 67.9 Å². The Morgan fingerprint density at radius 1 is 0.923 bits per heavy atom. The molecule has 0 aromatic heterocycles. The Labute approximate surface area is 152 Å². The number of nitrogens with zero attached hydrogens (tertiary/aromatic N) is 1. The van der Waals surface area contributed by atoms with Gasteiger partial charge in [0.1, 0.15) is 17.5 Å². The fraction of sp³-hybridized carbons (Fsp3) is 0.300. The Kier molecular flexibility index (Phi) is 5.41. The number of carbonyl (C=O) groups excluding carboxylic acids is 2. The summed E-state index contributed by atoms with van der Waals surface area (Å²) in [5, 5.41) is 2.68. The average molecular weight is 354 g/mol.